The van der Waals surface area contributed by atoms with Gasteiger partial charge in [-0.15, -0.1) is 0 Å². The van der Waals surface area contributed by atoms with Crippen molar-refractivity contribution < 1.29 is 9.90 Å². The lowest BCUT2D eigenvalue weighted by atomic mass is 10.1. The predicted octanol–water partition coefficient (Wildman–Crippen LogP) is 1.20. The number of carbonyl (C=O) groups excluding carboxylic acids is 1. The van der Waals surface area contributed by atoms with Crippen LogP contribution in [0.3, 0.4) is 0 Å². The highest BCUT2D eigenvalue weighted by molar-refractivity contribution is 5.96. The second kappa shape index (κ2) is 5.41. The Bertz CT molecular complexity index is 541. The lowest BCUT2D eigenvalue weighted by molar-refractivity contribution is 0.0950. The summed E-state index contributed by atoms with van der Waals surface area (Å²) in [6.07, 6.45) is 4.26. The standard InChI is InChI=1S/C15H18N2O2/c1-15(2)8-12(15)10-17-14(19)13-5-6-16-9-11(13)4-3-7-18/h5-6,9,12,18H,7-8,10H2,1-2H3,(H,17,19). The molecule has 0 bridgehead atoms. The molecule has 1 heterocycles. The second-order valence-corrected chi connectivity index (χ2v) is 5.48. The molecule has 1 aromatic heterocycles. The van der Waals surface area contributed by atoms with Gasteiger partial charge in [-0.05, 0) is 23.8 Å². The molecule has 0 aliphatic heterocycles. The predicted molar refractivity (Wildman–Crippen MR) is 72.4 cm³/mol. The van der Waals surface area contributed by atoms with E-state index >= 15 is 0 Å². The molecule has 1 aliphatic carbocycles. The van der Waals surface area contributed by atoms with E-state index in [-0.39, 0.29) is 12.5 Å². The van der Waals surface area contributed by atoms with Crippen molar-refractivity contribution in [3.8, 4) is 11.8 Å². The fourth-order valence-electron chi connectivity index (χ4n) is 2.06. The average molecular weight is 258 g/mol. The van der Waals surface area contributed by atoms with Crippen molar-refractivity contribution in [1.82, 2.24) is 10.3 Å². The zero-order valence-corrected chi connectivity index (χ0v) is 11.2. The van der Waals surface area contributed by atoms with Gasteiger partial charge in [0.05, 0.1) is 11.1 Å². The van der Waals surface area contributed by atoms with E-state index in [1.165, 1.54) is 0 Å². The number of aliphatic hydroxyl groups excluding tert-OH is 1. The van der Waals surface area contributed by atoms with E-state index in [0.717, 1.165) is 6.42 Å². The van der Waals surface area contributed by atoms with Gasteiger partial charge >= 0.3 is 0 Å². The van der Waals surface area contributed by atoms with Gasteiger partial charge < -0.3 is 10.4 Å². The number of amides is 1. The highest BCUT2D eigenvalue weighted by atomic mass is 16.2. The fraction of sp³-hybridized carbons (Fsp3) is 0.467. The monoisotopic (exact) mass is 258 g/mol. The molecule has 1 fully saturated rings. The third kappa shape index (κ3) is 3.33. The number of nitrogens with zero attached hydrogens (tertiary/aromatic N) is 1. The Morgan fingerprint density at radius 1 is 1.63 bits per heavy atom. The van der Waals surface area contributed by atoms with Crippen molar-refractivity contribution in [3.05, 3.63) is 29.6 Å². The lowest BCUT2D eigenvalue weighted by Gasteiger charge is -2.07. The molecule has 2 rings (SSSR count). The van der Waals surface area contributed by atoms with Gasteiger partial charge in [-0.1, -0.05) is 25.7 Å². The van der Waals surface area contributed by atoms with E-state index in [0.29, 0.717) is 29.0 Å². The first-order valence-corrected chi connectivity index (χ1v) is 6.36. The van der Waals surface area contributed by atoms with Crippen LogP contribution >= 0.6 is 0 Å². The van der Waals surface area contributed by atoms with Gasteiger partial charge in [-0.25, -0.2) is 0 Å². The number of aromatic nitrogens is 1. The van der Waals surface area contributed by atoms with Crippen LogP contribution in [0.15, 0.2) is 18.5 Å². The topological polar surface area (TPSA) is 62.2 Å². The molecule has 1 atom stereocenters. The molecular weight excluding hydrogens is 240 g/mol. The Kier molecular flexibility index (Phi) is 3.87. The molecule has 2 N–H and O–H groups in total. The van der Waals surface area contributed by atoms with Crippen molar-refractivity contribution in [2.75, 3.05) is 13.2 Å². The number of carbonyl (C=O) groups is 1. The van der Waals surface area contributed by atoms with Crippen LogP contribution in [0.5, 0.6) is 0 Å². The van der Waals surface area contributed by atoms with Gasteiger partial charge in [0, 0.05) is 18.9 Å². The van der Waals surface area contributed by atoms with Crippen molar-refractivity contribution in [2.24, 2.45) is 11.3 Å². The normalized spacial score (nSPS) is 19.2. The molecular formula is C15H18N2O2. The third-order valence-corrected chi connectivity index (χ3v) is 3.59. The molecule has 1 amide bonds. The molecule has 19 heavy (non-hydrogen) atoms. The maximum Gasteiger partial charge on any atom is 0.252 e. The van der Waals surface area contributed by atoms with Crippen LogP contribution in [0.25, 0.3) is 0 Å². The van der Waals surface area contributed by atoms with Crippen LogP contribution in [0.1, 0.15) is 36.2 Å². The minimum absolute atomic E-state index is 0.132. The molecule has 1 unspecified atom stereocenters. The summed E-state index contributed by atoms with van der Waals surface area (Å²) in [4.78, 5) is 16.0. The number of pyridine rings is 1. The zero-order chi connectivity index (χ0) is 13.9. The van der Waals surface area contributed by atoms with E-state index in [2.05, 4.69) is 36.0 Å². The number of hydrogen-bond donors (Lipinski definition) is 2. The van der Waals surface area contributed by atoms with Crippen molar-refractivity contribution in [1.29, 1.82) is 0 Å². The molecule has 1 aliphatic rings. The highest BCUT2D eigenvalue weighted by Crippen LogP contribution is 2.50. The first-order valence-electron chi connectivity index (χ1n) is 6.36. The summed E-state index contributed by atoms with van der Waals surface area (Å²) in [5, 5.41) is 11.6. The summed E-state index contributed by atoms with van der Waals surface area (Å²) < 4.78 is 0. The van der Waals surface area contributed by atoms with Gasteiger partial charge in [-0.2, -0.15) is 0 Å². The van der Waals surface area contributed by atoms with Gasteiger partial charge in [0.25, 0.3) is 5.91 Å². The number of aliphatic hydroxyl groups is 1. The first-order chi connectivity index (χ1) is 9.04. The van der Waals surface area contributed by atoms with Crippen molar-refractivity contribution in [2.45, 2.75) is 20.3 Å². The van der Waals surface area contributed by atoms with Crippen molar-refractivity contribution >= 4 is 5.91 Å². The third-order valence-electron chi connectivity index (χ3n) is 3.59. The molecule has 0 saturated heterocycles. The average Bonchev–Trinajstić information content (AvgIpc) is 3.01. The second-order valence-electron chi connectivity index (χ2n) is 5.48. The summed E-state index contributed by atoms with van der Waals surface area (Å²) in [7, 11) is 0. The van der Waals surface area contributed by atoms with E-state index in [9.17, 15) is 4.79 Å². The van der Waals surface area contributed by atoms with Crippen molar-refractivity contribution in [3.63, 3.8) is 0 Å². The number of hydrogen-bond acceptors (Lipinski definition) is 3. The van der Waals surface area contributed by atoms with Crippen LogP contribution < -0.4 is 5.32 Å². The zero-order valence-electron chi connectivity index (χ0n) is 11.2. The summed E-state index contributed by atoms with van der Waals surface area (Å²) in [6, 6.07) is 1.65. The van der Waals surface area contributed by atoms with E-state index in [4.69, 9.17) is 5.11 Å². The summed E-state index contributed by atoms with van der Waals surface area (Å²) >= 11 is 0. The van der Waals surface area contributed by atoms with E-state index in [1.54, 1.807) is 18.5 Å². The molecule has 0 spiro atoms. The molecule has 100 valence electrons. The number of nitrogens with one attached hydrogen (secondary N) is 1. The van der Waals surface area contributed by atoms with Crippen LogP contribution in [0.2, 0.25) is 0 Å². The van der Waals surface area contributed by atoms with Crippen LogP contribution in [-0.4, -0.2) is 29.1 Å². The summed E-state index contributed by atoms with van der Waals surface area (Å²) in [5.41, 5.74) is 1.41. The van der Waals surface area contributed by atoms with Crippen LogP contribution in [0.4, 0.5) is 0 Å². The Hall–Kier alpha value is -1.86. The smallest absolute Gasteiger partial charge is 0.252 e. The van der Waals surface area contributed by atoms with Gasteiger partial charge in [0.15, 0.2) is 0 Å². The maximum atomic E-state index is 12.1. The Labute approximate surface area is 113 Å². The Morgan fingerprint density at radius 3 is 3.00 bits per heavy atom. The quantitative estimate of drug-likeness (QED) is 0.801. The summed E-state index contributed by atoms with van der Waals surface area (Å²) in [6.45, 7) is 4.87. The molecule has 4 heteroatoms. The fourth-order valence-corrected chi connectivity index (χ4v) is 2.06. The molecule has 1 saturated carbocycles. The largest absolute Gasteiger partial charge is 0.384 e. The Morgan fingerprint density at radius 2 is 2.37 bits per heavy atom. The van der Waals surface area contributed by atoms with Gasteiger partial charge in [-0.3, -0.25) is 9.78 Å². The molecule has 1 aromatic rings. The van der Waals surface area contributed by atoms with Crippen LogP contribution in [-0.2, 0) is 0 Å². The highest BCUT2D eigenvalue weighted by Gasteiger charge is 2.45. The van der Waals surface area contributed by atoms with Gasteiger partial charge in [0.1, 0.15) is 6.61 Å². The Balaban J connectivity index is 2.02. The minimum Gasteiger partial charge on any atom is -0.384 e. The SMILES string of the molecule is CC1(C)CC1CNC(=O)c1ccncc1C#CCO. The maximum absolute atomic E-state index is 12.1. The van der Waals surface area contributed by atoms with Crippen LogP contribution in [0, 0.1) is 23.2 Å². The molecule has 0 radical (unpaired) electrons. The number of rotatable bonds is 3. The first kappa shape index (κ1) is 13.6. The molecule has 4 nitrogen and oxygen atoms in total. The van der Waals surface area contributed by atoms with E-state index < -0.39 is 0 Å². The van der Waals surface area contributed by atoms with Gasteiger partial charge in [0.2, 0.25) is 0 Å². The van der Waals surface area contributed by atoms with E-state index in [1.807, 2.05) is 0 Å². The lowest BCUT2D eigenvalue weighted by Crippen LogP contribution is -2.27. The summed E-state index contributed by atoms with van der Waals surface area (Å²) in [5.74, 6) is 5.70. The minimum atomic E-state index is -0.230. The molecule has 0 aromatic carbocycles.